The largest absolute Gasteiger partial charge is 0.430 e. The van der Waals surface area contributed by atoms with Crippen LogP contribution in [0.25, 0.3) is 0 Å². The highest BCUT2D eigenvalue weighted by Gasteiger charge is 2.12. The van der Waals surface area contributed by atoms with Crippen LogP contribution in [0.3, 0.4) is 0 Å². The van der Waals surface area contributed by atoms with Gasteiger partial charge >= 0.3 is 6.09 Å². The molecule has 1 atom stereocenters. The van der Waals surface area contributed by atoms with Crippen LogP contribution in [0.4, 0.5) is 4.79 Å². The van der Waals surface area contributed by atoms with Gasteiger partial charge in [0.2, 0.25) is 5.91 Å². The van der Waals surface area contributed by atoms with E-state index in [1.807, 2.05) is 19.9 Å². The second kappa shape index (κ2) is 11.1. The van der Waals surface area contributed by atoms with E-state index in [0.29, 0.717) is 12.3 Å². The average molecular weight is 326 g/mol. The summed E-state index contributed by atoms with van der Waals surface area (Å²) in [7, 11) is 3.40. The Kier molecular flexibility index (Phi) is 9.85. The van der Waals surface area contributed by atoms with E-state index in [0.717, 1.165) is 11.1 Å². The summed E-state index contributed by atoms with van der Waals surface area (Å²) < 4.78 is 0. The minimum absolute atomic E-state index is 0.127. The fourth-order valence-corrected chi connectivity index (χ4v) is 1.87. The van der Waals surface area contributed by atoms with Crippen LogP contribution in [0.1, 0.15) is 27.2 Å². The van der Waals surface area contributed by atoms with E-state index in [4.69, 9.17) is 5.73 Å². The molecule has 0 saturated carbocycles. The summed E-state index contributed by atoms with van der Waals surface area (Å²) in [5, 5.41) is 9.30. The zero-order chi connectivity index (χ0) is 17.8. The van der Waals surface area contributed by atoms with Gasteiger partial charge in [-0.05, 0) is 25.5 Å². The van der Waals surface area contributed by atoms with E-state index in [9.17, 15) is 9.59 Å². The Morgan fingerprint density at radius 1 is 1.30 bits per heavy atom. The predicted octanol–water partition coefficient (Wildman–Crippen LogP) is 0.0835. The maximum atomic E-state index is 11.3. The summed E-state index contributed by atoms with van der Waals surface area (Å²) in [4.78, 5) is 26.3. The molecule has 0 aliphatic carbocycles. The molecule has 0 spiro atoms. The van der Waals surface area contributed by atoms with Crippen molar-refractivity contribution in [2.75, 3.05) is 14.1 Å². The Labute approximate surface area is 136 Å². The molecule has 0 bridgehead atoms. The molecule has 0 rings (SSSR count). The highest BCUT2D eigenvalue weighted by Crippen LogP contribution is 2.15. The van der Waals surface area contributed by atoms with Crippen LogP contribution < -0.4 is 27.2 Å². The number of carbonyl (C=O) groups excluding carboxylic acids is 2. The zero-order valence-corrected chi connectivity index (χ0v) is 14.2. The van der Waals surface area contributed by atoms with Crippen LogP contribution in [0.15, 0.2) is 28.6 Å². The van der Waals surface area contributed by atoms with Gasteiger partial charge in [-0.25, -0.2) is 10.2 Å². The van der Waals surface area contributed by atoms with Crippen LogP contribution in [0.5, 0.6) is 0 Å². The number of rotatable bonds is 8. The molecule has 0 aromatic rings. The van der Waals surface area contributed by atoms with Crippen molar-refractivity contribution in [2.24, 2.45) is 10.9 Å². The van der Waals surface area contributed by atoms with Gasteiger partial charge in [-0.3, -0.25) is 9.63 Å². The summed E-state index contributed by atoms with van der Waals surface area (Å²) in [6.45, 7) is 5.23. The minimum atomic E-state index is -0.982. The molecule has 23 heavy (non-hydrogen) atoms. The molecule has 0 unspecified atom stereocenters. The van der Waals surface area contributed by atoms with Gasteiger partial charge in [-0.1, -0.05) is 10.7 Å². The monoisotopic (exact) mass is 326 g/mol. The maximum Gasteiger partial charge on any atom is 0.430 e. The Bertz CT molecular complexity index is 499. The van der Waals surface area contributed by atoms with Crippen molar-refractivity contribution in [1.82, 2.24) is 21.5 Å². The predicted molar refractivity (Wildman–Crippen MR) is 89.1 cm³/mol. The zero-order valence-electron chi connectivity index (χ0n) is 14.2. The number of nitrogens with two attached hydrogens (primary N) is 1. The molecule has 9 nitrogen and oxygen atoms in total. The first-order valence-electron chi connectivity index (χ1n) is 7.08. The highest BCUT2D eigenvalue weighted by atomic mass is 16.7. The Morgan fingerprint density at radius 2 is 1.96 bits per heavy atom. The van der Waals surface area contributed by atoms with Crippen molar-refractivity contribution in [1.29, 1.82) is 0 Å². The summed E-state index contributed by atoms with van der Waals surface area (Å²) >= 11 is 0. The van der Waals surface area contributed by atoms with Crippen molar-refractivity contribution in [2.45, 2.75) is 33.2 Å². The van der Waals surface area contributed by atoms with Gasteiger partial charge in [0, 0.05) is 33.6 Å². The molecular weight excluding hydrogens is 300 g/mol. The molecule has 0 aliphatic rings. The molecule has 0 aromatic heterocycles. The summed E-state index contributed by atoms with van der Waals surface area (Å²) in [6.07, 6.45) is 2.97. The second-order valence-electron chi connectivity index (χ2n) is 4.76. The molecule has 0 fully saturated rings. The standard InChI is InChI=1S/C14H26N6O3/c1-9(8-13(16-4)20-23-14(15)22)12(6-7-18-17-5)10(2)19-11(3)21/h6-7,10,17-18H,8H2,1-5H3,(H2,15,22)(H,16,20)(H,19,21)/b7-6+,12-9-/t10-/m1/s1. The van der Waals surface area contributed by atoms with Crippen molar-refractivity contribution < 1.29 is 14.4 Å². The molecule has 0 heterocycles. The van der Waals surface area contributed by atoms with Gasteiger partial charge in [0.1, 0.15) is 5.84 Å². The topological polar surface area (TPSA) is 130 Å². The van der Waals surface area contributed by atoms with E-state index in [1.54, 1.807) is 20.3 Å². The fourth-order valence-electron chi connectivity index (χ4n) is 1.87. The molecule has 0 aliphatic heterocycles. The van der Waals surface area contributed by atoms with Gasteiger partial charge in [0.25, 0.3) is 0 Å². The lowest BCUT2D eigenvalue weighted by atomic mass is 9.99. The molecule has 2 amide bonds. The first kappa shape index (κ1) is 20.5. The maximum absolute atomic E-state index is 11.3. The van der Waals surface area contributed by atoms with E-state index in [2.05, 4.69) is 31.5 Å². The molecule has 6 N–H and O–H groups in total. The number of hydrogen-bond donors (Lipinski definition) is 5. The van der Waals surface area contributed by atoms with Gasteiger partial charge < -0.3 is 21.8 Å². The summed E-state index contributed by atoms with van der Waals surface area (Å²) in [5.41, 5.74) is 12.3. The van der Waals surface area contributed by atoms with Crippen molar-refractivity contribution in [3.8, 4) is 0 Å². The lowest BCUT2D eigenvalue weighted by Crippen LogP contribution is -2.33. The first-order chi connectivity index (χ1) is 10.8. The number of nitrogens with one attached hydrogen (secondary N) is 4. The van der Waals surface area contributed by atoms with Gasteiger partial charge in [-0.15, -0.1) is 0 Å². The summed E-state index contributed by atoms with van der Waals surface area (Å²) in [5.74, 6) is 0.307. The number of oxime groups is 1. The Morgan fingerprint density at radius 3 is 2.43 bits per heavy atom. The second-order valence-corrected chi connectivity index (χ2v) is 4.76. The molecule has 0 aromatic carbocycles. The first-order valence-corrected chi connectivity index (χ1v) is 7.08. The van der Waals surface area contributed by atoms with Gasteiger partial charge in [0.05, 0.1) is 6.04 Å². The fraction of sp³-hybridized carbons (Fsp3) is 0.500. The molecular formula is C14H26N6O3. The Balaban J connectivity index is 5.34. The number of carbonyl (C=O) groups is 2. The number of hydrogen-bond acceptors (Lipinski definition) is 6. The average Bonchev–Trinajstić information content (AvgIpc) is 2.46. The van der Waals surface area contributed by atoms with Crippen LogP contribution in [-0.2, 0) is 9.63 Å². The SMILES string of the molecule is CNN/C=C/C(=C(\C)C/C(=N/OC(N)=O)NC)[C@@H](C)NC(C)=O. The van der Waals surface area contributed by atoms with Crippen LogP contribution in [0, 0.1) is 0 Å². The third kappa shape index (κ3) is 9.14. The van der Waals surface area contributed by atoms with Crippen LogP contribution >= 0.6 is 0 Å². The van der Waals surface area contributed by atoms with E-state index in [-0.39, 0.29) is 11.9 Å². The smallest absolute Gasteiger partial charge is 0.374 e. The van der Waals surface area contributed by atoms with Crippen LogP contribution in [0.2, 0.25) is 0 Å². The molecule has 130 valence electrons. The lowest BCUT2D eigenvalue weighted by molar-refractivity contribution is -0.119. The lowest BCUT2D eigenvalue weighted by Gasteiger charge is -2.18. The van der Waals surface area contributed by atoms with E-state index in [1.165, 1.54) is 6.92 Å². The van der Waals surface area contributed by atoms with E-state index < -0.39 is 6.09 Å². The molecule has 9 heteroatoms. The number of hydrazine groups is 1. The summed E-state index contributed by atoms with van der Waals surface area (Å²) in [6, 6.07) is -0.197. The number of primary amides is 1. The number of amides is 2. The highest BCUT2D eigenvalue weighted by molar-refractivity contribution is 5.84. The van der Waals surface area contributed by atoms with Crippen molar-refractivity contribution in [3.63, 3.8) is 0 Å². The van der Waals surface area contributed by atoms with Gasteiger partial charge in [-0.2, -0.15) is 0 Å². The molecule has 0 saturated heterocycles. The van der Waals surface area contributed by atoms with Gasteiger partial charge in [0.15, 0.2) is 0 Å². The molecule has 0 radical (unpaired) electrons. The van der Waals surface area contributed by atoms with E-state index >= 15 is 0 Å². The third-order valence-corrected chi connectivity index (χ3v) is 2.84. The van der Waals surface area contributed by atoms with Crippen molar-refractivity contribution in [3.05, 3.63) is 23.4 Å². The normalized spacial score (nSPS) is 14.0. The third-order valence-electron chi connectivity index (χ3n) is 2.84. The quantitative estimate of drug-likeness (QED) is 0.141. The number of amidine groups is 1. The van der Waals surface area contributed by atoms with Crippen LogP contribution in [-0.4, -0.2) is 38.0 Å². The van der Waals surface area contributed by atoms with Crippen molar-refractivity contribution >= 4 is 17.8 Å². The Hall–Kier alpha value is -2.55. The minimum Gasteiger partial charge on any atom is -0.374 e. The number of nitrogens with zero attached hydrogens (tertiary/aromatic N) is 1.